The first-order chi connectivity index (χ1) is 9.92. The number of carbonyl (C=O) groups is 1. The second kappa shape index (κ2) is 9.38. The van der Waals surface area contributed by atoms with Crippen molar-refractivity contribution in [3.8, 4) is 0 Å². The smallest absolute Gasteiger partial charge is 0.320 e. The fourth-order valence-corrected chi connectivity index (χ4v) is 2.67. The molecule has 5 heteroatoms. The molecule has 5 nitrogen and oxygen atoms in total. The van der Waals surface area contributed by atoms with Crippen molar-refractivity contribution in [3.63, 3.8) is 0 Å². The number of ether oxygens (including phenoxy) is 2. The summed E-state index contributed by atoms with van der Waals surface area (Å²) in [7, 11) is 0. The lowest BCUT2D eigenvalue weighted by Gasteiger charge is -2.37. The highest BCUT2D eigenvalue weighted by Gasteiger charge is 2.25. The number of morpholine rings is 1. The summed E-state index contributed by atoms with van der Waals surface area (Å²) in [5, 5.41) is 0. The Labute approximate surface area is 129 Å². The van der Waals surface area contributed by atoms with Crippen molar-refractivity contribution in [2.75, 3.05) is 45.9 Å². The molecule has 0 aromatic heterocycles. The number of hydrogen-bond acceptors (Lipinski definition) is 5. The molecule has 124 valence electrons. The molecule has 0 bridgehead atoms. The van der Waals surface area contributed by atoms with Gasteiger partial charge < -0.3 is 9.47 Å². The fraction of sp³-hybridized carbons (Fsp3) is 0.938. The molecule has 0 N–H and O–H groups in total. The average molecular weight is 300 g/mol. The summed E-state index contributed by atoms with van der Waals surface area (Å²) in [6, 6.07) is 0.304. The van der Waals surface area contributed by atoms with E-state index in [0.29, 0.717) is 25.1 Å². The second-order valence-corrected chi connectivity index (χ2v) is 6.47. The molecule has 1 aliphatic rings. The van der Waals surface area contributed by atoms with Crippen LogP contribution in [-0.4, -0.2) is 73.9 Å². The molecular weight excluding hydrogens is 268 g/mol. The SMILES string of the molecule is CCOC(=O)CN(CC1CN(CC(C)C)CCO1)C(C)C. The lowest BCUT2D eigenvalue weighted by molar-refractivity contribution is -0.145. The zero-order chi connectivity index (χ0) is 15.8. The van der Waals surface area contributed by atoms with E-state index in [1.807, 2.05) is 6.92 Å². The molecule has 0 aromatic carbocycles. The Morgan fingerprint density at radius 2 is 2.10 bits per heavy atom. The third-order valence-corrected chi connectivity index (χ3v) is 3.65. The first-order valence-electron chi connectivity index (χ1n) is 8.16. The number of nitrogens with zero attached hydrogens (tertiary/aromatic N) is 2. The predicted molar refractivity (Wildman–Crippen MR) is 84.4 cm³/mol. The van der Waals surface area contributed by atoms with Crippen LogP contribution in [0.3, 0.4) is 0 Å². The molecule has 1 aliphatic heterocycles. The van der Waals surface area contributed by atoms with E-state index >= 15 is 0 Å². The topological polar surface area (TPSA) is 42.0 Å². The molecule has 1 unspecified atom stereocenters. The van der Waals surface area contributed by atoms with Gasteiger partial charge in [0.15, 0.2) is 0 Å². The van der Waals surface area contributed by atoms with E-state index in [1.54, 1.807) is 0 Å². The van der Waals surface area contributed by atoms with E-state index in [9.17, 15) is 4.79 Å². The molecule has 1 atom stereocenters. The number of hydrogen-bond donors (Lipinski definition) is 0. The summed E-state index contributed by atoms with van der Waals surface area (Å²) >= 11 is 0. The van der Waals surface area contributed by atoms with Crippen molar-refractivity contribution in [2.45, 2.75) is 46.8 Å². The highest BCUT2D eigenvalue weighted by molar-refractivity contribution is 5.71. The summed E-state index contributed by atoms with van der Waals surface area (Å²) in [6.07, 6.45) is 0.175. The van der Waals surface area contributed by atoms with Crippen molar-refractivity contribution >= 4 is 5.97 Å². The van der Waals surface area contributed by atoms with E-state index < -0.39 is 0 Å². The normalized spacial score (nSPS) is 20.5. The minimum Gasteiger partial charge on any atom is -0.465 e. The zero-order valence-corrected chi connectivity index (χ0v) is 14.3. The molecule has 0 aromatic rings. The van der Waals surface area contributed by atoms with Gasteiger partial charge in [0.2, 0.25) is 0 Å². The van der Waals surface area contributed by atoms with Gasteiger partial charge in [-0.25, -0.2) is 0 Å². The number of rotatable bonds is 8. The third kappa shape index (κ3) is 7.25. The molecule has 0 spiro atoms. The summed E-state index contributed by atoms with van der Waals surface area (Å²) in [6.45, 7) is 15.9. The Hall–Kier alpha value is -0.650. The maximum absolute atomic E-state index is 11.7. The van der Waals surface area contributed by atoms with Crippen LogP contribution in [0.15, 0.2) is 0 Å². The summed E-state index contributed by atoms with van der Waals surface area (Å²) in [5.41, 5.74) is 0. The van der Waals surface area contributed by atoms with Gasteiger partial charge in [0.25, 0.3) is 0 Å². The molecule has 1 heterocycles. The van der Waals surface area contributed by atoms with Gasteiger partial charge in [-0.2, -0.15) is 0 Å². The zero-order valence-electron chi connectivity index (χ0n) is 14.3. The maximum Gasteiger partial charge on any atom is 0.320 e. The lowest BCUT2D eigenvalue weighted by Crippen LogP contribution is -2.50. The van der Waals surface area contributed by atoms with Crippen LogP contribution in [-0.2, 0) is 14.3 Å². The molecule has 0 amide bonds. The average Bonchev–Trinajstić information content (AvgIpc) is 2.37. The van der Waals surface area contributed by atoms with Gasteiger partial charge >= 0.3 is 5.97 Å². The quantitative estimate of drug-likeness (QED) is 0.637. The van der Waals surface area contributed by atoms with Crippen molar-refractivity contribution in [3.05, 3.63) is 0 Å². The molecule has 0 aliphatic carbocycles. The Kier molecular flexibility index (Phi) is 8.22. The van der Waals surface area contributed by atoms with Gasteiger partial charge in [-0.15, -0.1) is 0 Å². The van der Waals surface area contributed by atoms with E-state index in [4.69, 9.17) is 9.47 Å². The first kappa shape index (κ1) is 18.4. The van der Waals surface area contributed by atoms with Crippen LogP contribution in [0.4, 0.5) is 0 Å². The van der Waals surface area contributed by atoms with E-state index in [-0.39, 0.29) is 12.1 Å². The molecule has 0 radical (unpaired) electrons. The Bertz CT molecular complexity index is 308. The Balaban J connectivity index is 2.48. The minimum atomic E-state index is -0.152. The van der Waals surface area contributed by atoms with Gasteiger partial charge in [0, 0.05) is 32.2 Å². The van der Waals surface area contributed by atoms with Crippen LogP contribution < -0.4 is 0 Å². The molecule has 1 fully saturated rings. The molecular formula is C16H32N2O3. The third-order valence-electron chi connectivity index (χ3n) is 3.65. The fourth-order valence-electron chi connectivity index (χ4n) is 2.67. The van der Waals surface area contributed by atoms with E-state index in [2.05, 4.69) is 37.5 Å². The van der Waals surface area contributed by atoms with Crippen molar-refractivity contribution in [1.82, 2.24) is 9.80 Å². The largest absolute Gasteiger partial charge is 0.465 e. The summed E-state index contributed by atoms with van der Waals surface area (Å²) in [4.78, 5) is 16.3. The van der Waals surface area contributed by atoms with Crippen LogP contribution in [0.1, 0.15) is 34.6 Å². The van der Waals surface area contributed by atoms with Gasteiger partial charge in [0.1, 0.15) is 0 Å². The maximum atomic E-state index is 11.7. The highest BCUT2D eigenvalue weighted by atomic mass is 16.5. The van der Waals surface area contributed by atoms with Crippen LogP contribution in [0.2, 0.25) is 0 Å². The van der Waals surface area contributed by atoms with Crippen LogP contribution in [0.5, 0.6) is 0 Å². The number of esters is 1. The summed E-state index contributed by atoms with van der Waals surface area (Å²) in [5.74, 6) is 0.519. The van der Waals surface area contributed by atoms with Gasteiger partial charge in [-0.1, -0.05) is 13.8 Å². The number of carbonyl (C=O) groups excluding carboxylic acids is 1. The van der Waals surface area contributed by atoms with Gasteiger partial charge in [-0.05, 0) is 26.7 Å². The van der Waals surface area contributed by atoms with Crippen molar-refractivity contribution in [2.24, 2.45) is 5.92 Å². The van der Waals surface area contributed by atoms with Crippen molar-refractivity contribution < 1.29 is 14.3 Å². The first-order valence-corrected chi connectivity index (χ1v) is 8.16. The molecule has 0 saturated carbocycles. The van der Waals surface area contributed by atoms with E-state index in [1.165, 1.54) is 0 Å². The lowest BCUT2D eigenvalue weighted by atomic mass is 10.1. The van der Waals surface area contributed by atoms with Crippen molar-refractivity contribution in [1.29, 1.82) is 0 Å². The van der Waals surface area contributed by atoms with Crippen LogP contribution in [0, 0.1) is 5.92 Å². The summed E-state index contributed by atoms with van der Waals surface area (Å²) < 4.78 is 10.9. The molecule has 1 rings (SSSR count). The Morgan fingerprint density at radius 3 is 2.67 bits per heavy atom. The molecule has 21 heavy (non-hydrogen) atoms. The predicted octanol–water partition coefficient (Wildman–Crippen LogP) is 1.62. The van der Waals surface area contributed by atoms with E-state index in [0.717, 1.165) is 32.8 Å². The standard InChI is InChI=1S/C16H32N2O3/c1-6-20-16(19)12-18(14(4)5)11-15-10-17(7-8-21-15)9-13(2)3/h13-15H,6-12H2,1-5H3. The van der Waals surface area contributed by atoms with Crippen LogP contribution in [0.25, 0.3) is 0 Å². The minimum absolute atomic E-state index is 0.152. The van der Waals surface area contributed by atoms with Crippen LogP contribution >= 0.6 is 0 Å². The Morgan fingerprint density at radius 1 is 1.38 bits per heavy atom. The van der Waals surface area contributed by atoms with Gasteiger partial charge in [0.05, 0.1) is 25.9 Å². The highest BCUT2D eigenvalue weighted by Crippen LogP contribution is 2.11. The molecule has 1 saturated heterocycles. The second-order valence-electron chi connectivity index (χ2n) is 6.47. The monoisotopic (exact) mass is 300 g/mol. The van der Waals surface area contributed by atoms with Gasteiger partial charge in [-0.3, -0.25) is 14.6 Å².